The number of carbonyl (C=O) groups is 2. The van der Waals surface area contributed by atoms with Gasteiger partial charge in [0.1, 0.15) is 17.2 Å². The number of amides is 2. The number of para-hydroxylation sites is 1. The van der Waals surface area contributed by atoms with E-state index in [-0.39, 0.29) is 18.4 Å². The normalized spacial score (nSPS) is 10.1. The zero-order valence-corrected chi connectivity index (χ0v) is 16.4. The lowest BCUT2D eigenvalue weighted by atomic mass is 10.2. The van der Waals surface area contributed by atoms with Gasteiger partial charge in [0.05, 0.1) is 18.7 Å². The molecule has 2 N–H and O–H groups in total. The topological polar surface area (TPSA) is 76.7 Å². The smallest absolute Gasteiger partial charge is 0.251 e. The zero-order valence-electron chi connectivity index (χ0n) is 15.6. The number of benzene rings is 3. The summed E-state index contributed by atoms with van der Waals surface area (Å²) in [6.07, 6.45) is 0. The highest BCUT2D eigenvalue weighted by Gasteiger charge is 2.10. The van der Waals surface area contributed by atoms with Gasteiger partial charge in [-0.05, 0) is 54.6 Å². The number of halogens is 1. The van der Waals surface area contributed by atoms with Crippen molar-refractivity contribution in [3.8, 4) is 17.2 Å². The molecule has 0 fully saturated rings. The van der Waals surface area contributed by atoms with Crippen molar-refractivity contribution in [3.05, 3.63) is 83.4 Å². The standard InChI is InChI=1S/C22H19ClN2O4/c1-28-20-12-9-16(13-19(20)23)25-21(26)14-24-22(27)15-7-10-18(11-8-15)29-17-5-3-2-4-6-17/h2-13H,14H2,1H3,(H,24,27)(H,25,26). The lowest BCUT2D eigenvalue weighted by Crippen LogP contribution is -2.32. The molecule has 3 rings (SSSR count). The number of carbonyl (C=O) groups excluding carboxylic acids is 2. The van der Waals surface area contributed by atoms with Crippen LogP contribution in [0.4, 0.5) is 5.69 Å². The van der Waals surface area contributed by atoms with Crippen LogP contribution in [0.15, 0.2) is 72.8 Å². The Labute approximate surface area is 173 Å². The SMILES string of the molecule is COc1ccc(NC(=O)CNC(=O)c2ccc(Oc3ccccc3)cc2)cc1Cl. The first-order valence-corrected chi connectivity index (χ1v) is 9.17. The first-order chi connectivity index (χ1) is 14.0. The Morgan fingerprint density at radius 3 is 2.28 bits per heavy atom. The third-order valence-electron chi connectivity index (χ3n) is 3.94. The van der Waals surface area contributed by atoms with Gasteiger partial charge < -0.3 is 20.1 Å². The van der Waals surface area contributed by atoms with Crippen molar-refractivity contribution in [2.24, 2.45) is 0 Å². The van der Waals surface area contributed by atoms with Crippen molar-refractivity contribution in [1.29, 1.82) is 0 Å². The Balaban J connectivity index is 1.51. The average molecular weight is 411 g/mol. The van der Waals surface area contributed by atoms with Crippen LogP contribution < -0.4 is 20.1 Å². The van der Waals surface area contributed by atoms with Gasteiger partial charge in [0, 0.05) is 11.3 Å². The second-order valence-electron chi connectivity index (χ2n) is 6.02. The Bertz CT molecular complexity index is 991. The van der Waals surface area contributed by atoms with Crippen LogP contribution in [-0.2, 0) is 4.79 Å². The van der Waals surface area contributed by atoms with Crippen molar-refractivity contribution in [2.45, 2.75) is 0 Å². The third-order valence-corrected chi connectivity index (χ3v) is 4.24. The van der Waals surface area contributed by atoms with Crippen molar-refractivity contribution in [3.63, 3.8) is 0 Å². The molecule has 0 unspecified atom stereocenters. The van der Waals surface area contributed by atoms with Gasteiger partial charge >= 0.3 is 0 Å². The summed E-state index contributed by atoms with van der Waals surface area (Å²) in [4.78, 5) is 24.3. The summed E-state index contributed by atoms with van der Waals surface area (Å²) in [7, 11) is 1.51. The maximum absolute atomic E-state index is 12.2. The minimum Gasteiger partial charge on any atom is -0.495 e. The van der Waals surface area contributed by atoms with E-state index >= 15 is 0 Å². The van der Waals surface area contributed by atoms with Crippen molar-refractivity contribution < 1.29 is 19.1 Å². The molecule has 0 spiro atoms. The number of methoxy groups -OCH3 is 1. The van der Waals surface area contributed by atoms with Gasteiger partial charge in [-0.2, -0.15) is 0 Å². The van der Waals surface area contributed by atoms with E-state index < -0.39 is 0 Å². The zero-order chi connectivity index (χ0) is 20.6. The quantitative estimate of drug-likeness (QED) is 0.600. The van der Waals surface area contributed by atoms with E-state index in [4.69, 9.17) is 21.1 Å². The minimum atomic E-state index is -0.372. The molecule has 29 heavy (non-hydrogen) atoms. The summed E-state index contributed by atoms with van der Waals surface area (Å²) in [5.74, 6) is 1.10. The molecule has 0 aliphatic heterocycles. The van der Waals surface area contributed by atoms with Gasteiger partial charge in [0.15, 0.2) is 0 Å². The van der Waals surface area contributed by atoms with Crippen LogP contribution in [0, 0.1) is 0 Å². The van der Waals surface area contributed by atoms with Crippen LogP contribution in [0.3, 0.4) is 0 Å². The lowest BCUT2D eigenvalue weighted by molar-refractivity contribution is -0.115. The molecule has 6 nitrogen and oxygen atoms in total. The van der Waals surface area contributed by atoms with Crippen molar-refractivity contribution >= 4 is 29.1 Å². The van der Waals surface area contributed by atoms with Gasteiger partial charge in [-0.15, -0.1) is 0 Å². The van der Waals surface area contributed by atoms with E-state index in [1.807, 2.05) is 30.3 Å². The average Bonchev–Trinajstić information content (AvgIpc) is 2.73. The Kier molecular flexibility index (Phi) is 6.71. The summed E-state index contributed by atoms with van der Waals surface area (Å²) < 4.78 is 10.8. The Morgan fingerprint density at radius 2 is 1.62 bits per heavy atom. The predicted molar refractivity (Wildman–Crippen MR) is 112 cm³/mol. The first kappa shape index (κ1) is 20.2. The fourth-order valence-electron chi connectivity index (χ4n) is 2.51. The summed E-state index contributed by atoms with van der Waals surface area (Å²) >= 11 is 6.03. The molecule has 0 saturated heterocycles. The lowest BCUT2D eigenvalue weighted by Gasteiger charge is -2.09. The highest BCUT2D eigenvalue weighted by molar-refractivity contribution is 6.32. The first-order valence-electron chi connectivity index (χ1n) is 8.80. The van der Waals surface area contributed by atoms with E-state index in [0.717, 1.165) is 0 Å². The summed E-state index contributed by atoms with van der Waals surface area (Å²) in [6.45, 7) is -0.176. The number of rotatable bonds is 7. The summed E-state index contributed by atoms with van der Waals surface area (Å²) in [5, 5.41) is 5.62. The molecule has 0 bridgehead atoms. The van der Waals surface area contributed by atoms with Gasteiger partial charge in [-0.25, -0.2) is 0 Å². The van der Waals surface area contributed by atoms with E-state index in [1.54, 1.807) is 42.5 Å². The molecular weight excluding hydrogens is 392 g/mol. The monoisotopic (exact) mass is 410 g/mol. The van der Waals surface area contributed by atoms with Crippen molar-refractivity contribution in [2.75, 3.05) is 19.0 Å². The molecule has 0 atom stereocenters. The summed E-state index contributed by atoms with van der Waals surface area (Å²) in [6, 6.07) is 20.9. The number of ether oxygens (including phenoxy) is 2. The van der Waals surface area contributed by atoms with Gasteiger partial charge in [0.2, 0.25) is 5.91 Å². The predicted octanol–water partition coefficient (Wildman–Crippen LogP) is 4.51. The number of nitrogens with one attached hydrogen (secondary N) is 2. The molecule has 7 heteroatoms. The van der Waals surface area contributed by atoms with Gasteiger partial charge in [0.25, 0.3) is 5.91 Å². The molecule has 0 aliphatic carbocycles. The Morgan fingerprint density at radius 1 is 0.931 bits per heavy atom. The molecular formula is C22H19ClN2O4. The molecule has 0 radical (unpaired) electrons. The molecule has 148 valence electrons. The maximum atomic E-state index is 12.2. The van der Waals surface area contributed by atoms with Crippen LogP contribution in [0.25, 0.3) is 0 Å². The maximum Gasteiger partial charge on any atom is 0.251 e. The number of hydrogen-bond acceptors (Lipinski definition) is 4. The van der Waals surface area contributed by atoms with Crippen molar-refractivity contribution in [1.82, 2.24) is 5.32 Å². The van der Waals surface area contributed by atoms with Gasteiger partial charge in [-0.1, -0.05) is 29.8 Å². The molecule has 0 saturated carbocycles. The van der Waals surface area contributed by atoms with Crippen LogP contribution in [-0.4, -0.2) is 25.5 Å². The third kappa shape index (κ3) is 5.73. The largest absolute Gasteiger partial charge is 0.495 e. The second-order valence-corrected chi connectivity index (χ2v) is 6.43. The Hall–Kier alpha value is -3.51. The molecule has 2 amide bonds. The highest BCUT2D eigenvalue weighted by Crippen LogP contribution is 2.27. The molecule has 0 heterocycles. The van der Waals surface area contributed by atoms with E-state index in [0.29, 0.717) is 33.5 Å². The second kappa shape index (κ2) is 9.61. The van der Waals surface area contributed by atoms with Crippen LogP contribution in [0.2, 0.25) is 5.02 Å². The summed E-state index contributed by atoms with van der Waals surface area (Å²) in [5.41, 5.74) is 0.933. The van der Waals surface area contributed by atoms with Crippen LogP contribution in [0.1, 0.15) is 10.4 Å². The minimum absolute atomic E-state index is 0.176. The molecule has 0 aromatic heterocycles. The van der Waals surface area contributed by atoms with Gasteiger partial charge in [-0.3, -0.25) is 9.59 Å². The van der Waals surface area contributed by atoms with E-state index in [9.17, 15) is 9.59 Å². The highest BCUT2D eigenvalue weighted by atomic mass is 35.5. The van der Waals surface area contributed by atoms with E-state index in [1.165, 1.54) is 7.11 Å². The molecule has 3 aromatic carbocycles. The van der Waals surface area contributed by atoms with E-state index in [2.05, 4.69) is 10.6 Å². The number of anilines is 1. The molecule has 0 aliphatic rings. The van der Waals surface area contributed by atoms with Crippen LogP contribution >= 0.6 is 11.6 Å². The fourth-order valence-corrected chi connectivity index (χ4v) is 2.77. The fraction of sp³-hybridized carbons (Fsp3) is 0.0909. The number of hydrogen-bond donors (Lipinski definition) is 2. The van der Waals surface area contributed by atoms with Crippen LogP contribution in [0.5, 0.6) is 17.2 Å². The molecule has 3 aromatic rings.